The average molecular weight is 551 g/mol. The monoisotopic (exact) mass is 549 g/mol. The molecule has 0 aliphatic rings. The van der Waals surface area contributed by atoms with E-state index in [0.29, 0.717) is 17.8 Å². The summed E-state index contributed by atoms with van der Waals surface area (Å²) in [5.74, 6) is 0. The maximum Gasteiger partial charge on any atom is 0.0350 e. The minimum atomic E-state index is 0.481. The fraction of sp³-hybridized carbons (Fsp3) is 0.188. The van der Waals surface area contributed by atoms with Crippen LogP contribution < -0.4 is 17.2 Å². The predicted molar refractivity (Wildman–Crippen MR) is 166 cm³/mol. The van der Waals surface area contributed by atoms with E-state index in [0.717, 1.165) is 27.7 Å². The highest BCUT2D eigenvalue weighted by atomic mass is 79.9. The van der Waals surface area contributed by atoms with E-state index in [2.05, 4.69) is 53.9 Å². The van der Waals surface area contributed by atoms with Crippen LogP contribution in [-0.4, -0.2) is 0 Å². The molecule has 0 unspecified atom stereocenters. The molecule has 0 aliphatic heterocycles. The Hall–Kier alpha value is -3.34. The number of hydrogen-bond acceptors (Lipinski definition) is 3. The third kappa shape index (κ3) is 17.1. The van der Waals surface area contributed by atoms with Crippen LogP contribution >= 0.6 is 15.9 Å². The number of benzene rings is 3. The first-order valence-corrected chi connectivity index (χ1v) is 12.9. The molecule has 3 aromatic carbocycles. The van der Waals surface area contributed by atoms with E-state index in [1.165, 1.54) is 5.56 Å². The Morgan fingerprint density at radius 2 is 1.28 bits per heavy atom. The summed E-state index contributed by atoms with van der Waals surface area (Å²) in [6.07, 6.45) is 4.51. The third-order valence-electron chi connectivity index (χ3n) is 4.29. The SMILES string of the molecule is C=CC(=C)C(=C)N.CC.CC.N/C(=C\Cc1ccccc1)c1ccccc1.NCc1cccc(Br)c1. The van der Waals surface area contributed by atoms with Gasteiger partial charge in [-0.2, -0.15) is 0 Å². The molecule has 0 aromatic heterocycles. The Morgan fingerprint density at radius 3 is 1.67 bits per heavy atom. The van der Waals surface area contributed by atoms with Gasteiger partial charge in [-0.3, -0.25) is 0 Å². The molecule has 0 atom stereocenters. The molecule has 0 aliphatic carbocycles. The van der Waals surface area contributed by atoms with Crippen LogP contribution in [0, 0.1) is 0 Å². The molecule has 0 bridgehead atoms. The summed E-state index contributed by atoms with van der Waals surface area (Å²) in [4.78, 5) is 0. The molecule has 0 spiro atoms. The molecule has 3 rings (SSSR count). The minimum Gasteiger partial charge on any atom is -0.399 e. The van der Waals surface area contributed by atoms with Crippen molar-refractivity contribution < 1.29 is 0 Å². The lowest BCUT2D eigenvalue weighted by Gasteiger charge is -2.01. The van der Waals surface area contributed by atoms with Crippen molar-refractivity contribution in [3.8, 4) is 0 Å². The van der Waals surface area contributed by atoms with Crippen molar-refractivity contribution in [3.63, 3.8) is 0 Å². The second-order valence-corrected chi connectivity index (χ2v) is 7.72. The van der Waals surface area contributed by atoms with Crippen LogP contribution in [0.1, 0.15) is 44.4 Å². The minimum absolute atomic E-state index is 0.481. The molecule has 36 heavy (non-hydrogen) atoms. The zero-order chi connectivity index (χ0) is 27.8. The van der Waals surface area contributed by atoms with Crippen LogP contribution in [-0.2, 0) is 13.0 Å². The van der Waals surface area contributed by atoms with Gasteiger partial charge < -0.3 is 17.2 Å². The molecular formula is C32H44BrN3. The van der Waals surface area contributed by atoms with E-state index in [9.17, 15) is 0 Å². The van der Waals surface area contributed by atoms with Gasteiger partial charge in [-0.1, -0.05) is 148 Å². The maximum atomic E-state index is 6.00. The zero-order valence-electron chi connectivity index (χ0n) is 22.4. The lowest BCUT2D eigenvalue weighted by molar-refractivity contribution is 1.07. The van der Waals surface area contributed by atoms with Crippen LogP contribution in [0.25, 0.3) is 5.70 Å². The number of allylic oxidation sites excluding steroid dienone is 2. The van der Waals surface area contributed by atoms with Crippen molar-refractivity contribution in [1.82, 2.24) is 0 Å². The van der Waals surface area contributed by atoms with Gasteiger partial charge in [0.1, 0.15) is 0 Å². The molecule has 0 amide bonds. The highest BCUT2D eigenvalue weighted by Gasteiger charge is 1.94. The lowest BCUT2D eigenvalue weighted by Crippen LogP contribution is -1.96. The number of hydrogen-bond donors (Lipinski definition) is 3. The smallest absolute Gasteiger partial charge is 0.0350 e. The van der Waals surface area contributed by atoms with Crippen molar-refractivity contribution in [2.24, 2.45) is 17.2 Å². The summed E-state index contributed by atoms with van der Waals surface area (Å²) in [7, 11) is 0. The van der Waals surface area contributed by atoms with Crippen LogP contribution in [0.15, 0.2) is 133 Å². The van der Waals surface area contributed by atoms with Crippen LogP contribution in [0.3, 0.4) is 0 Å². The molecule has 6 N–H and O–H groups in total. The molecule has 0 saturated heterocycles. The normalized spacial score (nSPS) is 9.22. The van der Waals surface area contributed by atoms with Gasteiger partial charge in [0.15, 0.2) is 0 Å². The quantitative estimate of drug-likeness (QED) is 0.270. The third-order valence-corrected chi connectivity index (χ3v) is 4.78. The molecular weight excluding hydrogens is 506 g/mol. The fourth-order valence-electron chi connectivity index (χ4n) is 2.39. The molecule has 0 saturated carbocycles. The Labute approximate surface area is 228 Å². The average Bonchev–Trinajstić information content (AvgIpc) is 2.95. The van der Waals surface area contributed by atoms with Gasteiger partial charge in [-0.05, 0) is 40.8 Å². The summed E-state index contributed by atoms with van der Waals surface area (Å²) in [6.45, 7) is 19.0. The first-order chi connectivity index (χ1) is 17.4. The van der Waals surface area contributed by atoms with E-state index < -0.39 is 0 Å². The van der Waals surface area contributed by atoms with Crippen molar-refractivity contribution in [3.05, 3.63) is 149 Å². The van der Waals surface area contributed by atoms with Crippen molar-refractivity contribution in [2.45, 2.75) is 40.7 Å². The summed E-state index contributed by atoms with van der Waals surface area (Å²) in [5, 5.41) is 0. The summed E-state index contributed by atoms with van der Waals surface area (Å²) < 4.78 is 1.09. The lowest BCUT2D eigenvalue weighted by atomic mass is 10.1. The van der Waals surface area contributed by atoms with Gasteiger partial charge in [0.25, 0.3) is 0 Å². The van der Waals surface area contributed by atoms with E-state index in [1.807, 2.05) is 100 Å². The van der Waals surface area contributed by atoms with Crippen LogP contribution in [0.5, 0.6) is 0 Å². The van der Waals surface area contributed by atoms with Crippen molar-refractivity contribution in [1.29, 1.82) is 0 Å². The molecule has 0 radical (unpaired) electrons. The van der Waals surface area contributed by atoms with Gasteiger partial charge >= 0.3 is 0 Å². The van der Waals surface area contributed by atoms with E-state index in [-0.39, 0.29) is 0 Å². The molecule has 4 heteroatoms. The Kier molecular flexibility index (Phi) is 22.6. The van der Waals surface area contributed by atoms with Crippen LogP contribution in [0.2, 0.25) is 0 Å². The van der Waals surface area contributed by atoms with E-state index >= 15 is 0 Å². The van der Waals surface area contributed by atoms with E-state index in [1.54, 1.807) is 6.08 Å². The summed E-state index contributed by atoms with van der Waals surface area (Å²) >= 11 is 3.35. The summed E-state index contributed by atoms with van der Waals surface area (Å²) in [5.41, 5.74) is 22.1. The van der Waals surface area contributed by atoms with Crippen molar-refractivity contribution in [2.75, 3.05) is 0 Å². The van der Waals surface area contributed by atoms with Gasteiger partial charge in [0, 0.05) is 22.4 Å². The second-order valence-electron chi connectivity index (χ2n) is 6.80. The van der Waals surface area contributed by atoms with Crippen LogP contribution in [0.4, 0.5) is 0 Å². The van der Waals surface area contributed by atoms with Gasteiger partial charge in [0.2, 0.25) is 0 Å². The Bertz CT molecular complexity index is 1010. The molecule has 3 nitrogen and oxygen atoms in total. The first-order valence-electron chi connectivity index (χ1n) is 12.1. The highest BCUT2D eigenvalue weighted by molar-refractivity contribution is 9.10. The molecule has 194 valence electrons. The predicted octanol–water partition coefficient (Wildman–Crippen LogP) is 8.39. The number of halogens is 1. The molecule has 0 fully saturated rings. The topological polar surface area (TPSA) is 78.1 Å². The van der Waals surface area contributed by atoms with E-state index in [4.69, 9.17) is 17.2 Å². The number of rotatable bonds is 6. The zero-order valence-corrected chi connectivity index (χ0v) is 24.0. The van der Waals surface area contributed by atoms with Crippen molar-refractivity contribution >= 4 is 21.6 Å². The standard InChI is InChI=1S/C15H15N.C7H8BrN.C6H9N.2C2H6/c16-15(14-9-5-2-6-10-14)12-11-13-7-3-1-4-8-13;8-7-3-1-2-6(4-7)5-9;1-4-5(2)6(3)7;2*1-2/h1-10,12H,11,16H2;1-4H,5,9H2;4H,1-3,7H2;2*1-2H3/b15-12-;;;;. The largest absolute Gasteiger partial charge is 0.399 e. The first kappa shape index (κ1) is 34.8. The van der Waals surface area contributed by atoms with Gasteiger partial charge in [0.05, 0.1) is 0 Å². The van der Waals surface area contributed by atoms with Gasteiger partial charge in [-0.25, -0.2) is 0 Å². The Morgan fingerprint density at radius 1 is 0.778 bits per heavy atom. The fourth-order valence-corrected chi connectivity index (χ4v) is 2.83. The second kappa shape index (κ2) is 23.4. The summed E-state index contributed by atoms with van der Waals surface area (Å²) in [6, 6.07) is 28.3. The Balaban J connectivity index is 0. The van der Waals surface area contributed by atoms with Gasteiger partial charge in [-0.15, -0.1) is 0 Å². The number of nitrogens with two attached hydrogens (primary N) is 3. The maximum absolute atomic E-state index is 6.00. The molecule has 3 aromatic rings. The highest BCUT2D eigenvalue weighted by Crippen LogP contribution is 2.11. The molecule has 0 heterocycles.